The highest BCUT2D eigenvalue weighted by Gasteiger charge is 2.17. The molecule has 0 spiro atoms. The van der Waals surface area contributed by atoms with E-state index in [-0.39, 0.29) is 11.9 Å². The topological polar surface area (TPSA) is 67.2 Å². The molecule has 0 saturated heterocycles. The number of benzene rings is 1. The molecule has 0 aliphatic heterocycles. The highest BCUT2D eigenvalue weighted by Crippen LogP contribution is 2.15. The van der Waals surface area contributed by atoms with E-state index in [0.717, 1.165) is 9.26 Å². The summed E-state index contributed by atoms with van der Waals surface area (Å²) >= 11 is 2.24. The number of nitrogens with zero attached hydrogens (tertiary/aromatic N) is 1. The number of hydrogen-bond donors (Lipinski definition) is 2. The van der Waals surface area contributed by atoms with Gasteiger partial charge in [-0.05, 0) is 54.1 Å². The lowest BCUT2D eigenvalue weighted by Crippen LogP contribution is -2.34. The van der Waals surface area contributed by atoms with Gasteiger partial charge in [-0.25, -0.2) is 0 Å². The Morgan fingerprint density at radius 2 is 2.25 bits per heavy atom. The fraction of sp³-hybridized carbons (Fsp3) is 0.286. The van der Waals surface area contributed by atoms with Crippen LogP contribution in [0.25, 0.3) is 0 Å². The Morgan fingerprint density at radius 1 is 1.45 bits per heavy atom. The molecule has 2 rings (SSSR count). The number of amides is 1. The number of nitrogens with one attached hydrogen (secondary N) is 2. The minimum absolute atomic E-state index is 0.125. The van der Waals surface area contributed by atoms with E-state index in [2.05, 4.69) is 38.4 Å². The minimum atomic E-state index is -0.315. The Labute approximate surface area is 131 Å². The van der Waals surface area contributed by atoms with E-state index in [1.165, 1.54) is 0 Å². The molecule has 20 heavy (non-hydrogen) atoms. The first-order valence-corrected chi connectivity index (χ1v) is 7.42. The molecule has 2 aromatic rings. The Bertz CT molecular complexity index is 598. The summed E-state index contributed by atoms with van der Waals surface area (Å²) in [6.45, 7) is 3.74. The van der Waals surface area contributed by atoms with Gasteiger partial charge in [0, 0.05) is 15.3 Å². The summed E-state index contributed by atoms with van der Waals surface area (Å²) in [7, 11) is 0. The van der Waals surface area contributed by atoms with Gasteiger partial charge in [0.1, 0.15) is 11.8 Å². The molecule has 0 bridgehead atoms. The van der Waals surface area contributed by atoms with Crippen molar-refractivity contribution in [3.63, 3.8) is 0 Å². The number of carbonyl (C=O) groups excluding carboxylic acids is 1. The van der Waals surface area contributed by atoms with Crippen molar-refractivity contribution in [1.29, 1.82) is 0 Å². The number of rotatable bonds is 5. The number of hydrogen-bond acceptors (Lipinski definition) is 4. The van der Waals surface area contributed by atoms with Gasteiger partial charge in [-0.3, -0.25) is 4.79 Å². The van der Waals surface area contributed by atoms with Crippen LogP contribution >= 0.6 is 22.6 Å². The lowest BCUT2D eigenvalue weighted by molar-refractivity contribution is -0.117. The SMILES string of the molecule is CCC(Nc1cccc(I)c1)C(=O)Nc1cc(C)on1. The zero-order valence-electron chi connectivity index (χ0n) is 11.3. The molecule has 0 aliphatic rings. The highest BCUT2D eigenvalue weighted by molar-refractivity contribution is 14.1. The summed E-state index contributed by atoms with van der Waals surface area (Å²) < 4.78 is 6.05. The second-order valence-corrected chi connectivity index (χ2v) is 5.67. The van der Waals surface area contributed by atoms with Gasteiger partial charge in [0.05, 0.1) is 0 Å². The standard InChI is InChI=1S/C14H16IN3O2/c1-3-12(16-11-6-4-5-10(15)8-11)14(19)17-13-7-9(2)20-18-13/h4-8,12,16H,3H2,1-2H3,(H,17,18,19). The second kappa shape index (κ2) is 6.74. The Kier molecular flexibility index (Phi) is 4.99. The van der Waals surface area contributed by atoms with E-state index in [1.54, 1.807) is 13.0 Å². The molecule has 0 aliphatic carbocycles. The van der Waals surface area contributed by atoms with Gasteiger partial charge in [-0.1, -0.05) is 18.1 Å². The van der Waals surface area contributed by atoms with Gasteiger partial charge < -0.3 is 15.2 Å². The van der Waals surface area contributed by atoms with E-state index >= 15 is 0 Å². The van der Waals surface area contributed by atoms with Crippen molar-refractivity contribution >= 4 is 40.0 Å². The molecule has 1 amide bonds. The fourth-order valence-electron chi connectivity index (χ4n) is 1.77. The van der Waals surface area contributed by atoms with Crippen LogP contribution in [-0.4, -0.2) is 17.1 Å². The molecule has 0 saturated carbocycles. The summed E-state index contributed by atoms with van der Waals surface area (Å²) in [5, 5.41) is 9.72. The molecule has 0 fully saturated rings. The van der Waals surface area contributed by atoms with Crippen LogP contribution in [0.5, 0.6) is 0 Å². The number of aryl methyl sites for hydroxylation is 1. The van der Waals surface area contributed by atoms with Crippen molar-refractivity contribution in [3.8, 4) is 0 Å². The van der Waals surface area contributed by atoms with Crippen molar-refractivity contribution in [2.24, 2.45) is 0 Å². The van der Waals surface area contributed by atoms with Crippen molar-refractivity contribution < 1.29 is 9.32 Å². The molecular formula is C14H16IN3O2. The van der Waals surface area contributed by atoms with Crippen LogP contribution in [0.2, 0.25) is 0 Å². The molecule has 6 heteroatoms. The third-order valence-corrected chi connectivity index (χ3v) is 3.44. The largest absolute Gasteiger partial charge is 0.374 e. The molecule has 1 atom stereocenters. The van der Waals surface area contributed by atoms with Crippen molar-refractivity contribution in [3.05, 3.63) is 39.7 Å². The summed E-state index contributed by atoms with van der Waals surface area (Å²) in [5.41, 5.74) is 0.926. The zero-order valence-corrected chi connectivity index (χ0v) is 13.5. The molecule has 5 nitrogen and oxygen atoms in total. The highest BCUT2D eigenvalue weighted by atomic mass is 127. The van der Waals surface area contributed by atoms with Gasteiger partial charge in [0.25, 0.3) is 0 Å². The van der Waals surface area contributed by atoms with Crippen LogP contribution in [0.15, 0.2) is 34.9 Å². The summed E-state index contributed by atoms with van der Waals surface area (Å²) in [6, 6.07) is 9.27. The summed E-state index contributed by atoms with van der Waals surface area (Å²) in [5.74, 6) is 0.981. The van der Waals surface area contributed by atoms with E-state index < -0.39 is 0 Å². The normalized spacial score (nSPS) is 11.9. The van der Waals surface area contributed by atoms with Crippen molar-refractivity contribution in [2.45, 2.75) is 26.3 Å². The predicted octanol–water partition coefficient (Wildman–Crippen LogP) is 3.42. The maximum Gasteiger partial charge on any atom is 0.248 e. The smallest absolute Gasteiger partial charge is 0.248 e. The Hall–Kier alpha value is -1.57. The second-order valence-electron chi connectivity index (χ2n) is 4.43. The minimum Gasteiger partial charge on any atom is -0.374 e. The molecule has 1 heterocycles. The predicted molar refractivity (Wildman–Crippen MR) is 86.7 cm³/mol. The number of carbonyl (C=O) groups is 1. The number of aromatic nitrogens is 1. The molecule has 1 unspecified atom stereocenters. The fourth-order valence-corrected chi connectivity index (χ4v) is 2.31. The van der Waals surface area contributed by atoms with Crippen LogP contribution in [0, 0.1) is 10.5 Å². The number of anilines is 2. The third-order valence-electron chi connectivity index (χ3n) is 2.77. The first-order chi connectivity index (χ1) is 9.58. The quantitative estimate of drug-likeness (QED) is 0.775. The van der Waals surface area contributed by atoms with Gasteiger partial charge in [-0.2, -0.15) is 0 Å². The Morgan fingerprint density at radius 3 is 2.85 bits per heavy atom. The zero-order chi connectivity index (χ0) is 14.5. The maximum absolute atomic E-state index is 12.2. The van der Waals surface area contributed by atoms with Crippen LogP contribution in [-0.2, 0) is 4.79 Å². The third kappa shape index (κ3) is 3.96. The van der Waals surface area contributed by atoms with E-state index in [1.807, 2.05) is 31.2 Å². The van der Waals surface area contributed by atoms with Crippen LogP contribution < -0.4 is 10.6 Å². The average Bonchev–Trinajstić information content (AvgIpc) is 2.81. The van der Waals surface area contributed by atoms with Crippen LogP contribution in [0.3, 0.4) is 0 Å². The molecule has 1 aromatic heterocycles. The lowest BCUT2D eigenvalue weighted by Gasteiger charge is -2.17. The molecule has 2 N–H and O–H groups in total. The lowest BCUT2D eigenvalue weighted by atomic mass is 10.2. The Balaban J connectivity index is 2.02. The van der Waals surface area contributed by atoms with Gasteiger partial charge in [0.2, 0.25) is 5.91 Å². The number of halogens is 1. The van der Waals surface area contributed by atoms with Gasteiger partial charge in [0.15, 0.2) is 5.82 Å². The molecular weight excluding hydrogens is 369 g/mol. The monoisotopic (exact) mass is 385 g/mol. The van der Waals surface area contributed by atoms with Crippen LogP contribution in [0.1, 0.15) is 19.1 Å². The van der Waals surface area contributed by atoms with Crippen molar-refractivity contribution in [1.82, 2.24) is 5.16 Å². The maximum atomic E-state index is 12.2. The average molecular weight is 385 g/mol. The molecule has 1 aromatic carbocycles. The first-order valence-electron chi connectivity index (χ1n) is 6.34. The molecule has 0 radical (unpaired) electrons. The van der Waals surface area contributed by atoms with Gasteiger partial charge >= 0.3 is 0 Å². The summed E-state index contributed by atoms with van der Waals surface area (Å²) in [4.78, 5) is 12.2. The van der Waals surface area contributed by atoms with Crippen molar-refractivity contribution in [2.75, 3.05) is 10.6 Å². The molecule has 106 valence electrons. The van der Waals surface area contributed by atoms with Gasteiger partial charge in [-0.15, -0.1) is 0 Å². The van der Waals surface area contributed by atoms with E-state index in [0.29, 0.717) is 18.0 Å². The van der Waals surface area contributed by atoms with E-state index in [4.69, 9.17) is 4.52 Å². The summed E-state index contributed by atoms with van der Waals surface area (Å²) in [6.07, 6.45) is 0.675. The first kappa shape index (κ1) is 14.8. The van der Waals surface area contributed by atoms with Crippen LogP contribution in [0.4, 0.5) is 11.5 Å². The van der Waals surface area contributed by atoms with E-state index in [9.17, 15) is 4.79 Å².